The molecule has 4 rings (SSSR count). The Morgan fingerprint density at radius 2 is 1.44 bits per heavy atom. The molecule has 0 aliphatic carbocycles. The molecule has 1 unspecified atom stereocenters. The molecule has 0 radical (unpaired) electrons. The minimum absolute atomic E-state index is 0.00697. The van der Waals surface area contributed by atoms with Gasteiger partial charge < -0.3 is 33.2 Å². The smallest absolute Gasteiger partial charge is 0.339 e. The molecule has 3 aromatic carbocycles. The molecule has 6 atom stereocenters. The molecule has 0 aromatic heterocycles. The summed E-state index contributed by atoms with van der Waals surface area (Å²) in [5, 5.41) is 8.32. The van der Waals surface area contributed by atoms with E-state index in [4.69, 9.17) is 73.4 Å². The highest BCUT2D eigenvalue weighted by atomic mass is 35.6. The first kappa shape index (κ1) is 37.1. The summed E-state index contributed by atoms with van der Waals surface area (Å²) in [7, 11) is 0. The van der Waals surface area contributed by atoms with Crippen LogP contribution in [0, 0.1) is 5.41 Å². The van der Waals surface area contributed by atoms with Gasteiger partial charge in [-0.3, -0.25) is 10.2 Å². The van der Waals surface area contributed by atoms with Gasteiger partial charge in [0.1, 0.15) is 18.8 Å². The maximum absolute atomic E-state index is 13.6. The highest BCUT2D eigenvalue weighted by Gasteiger charge is 2.54. The monoisotopic (exact) mass is 721 g/mol. The molecule has 0 saturated carbocycles. The highest BCUT2D eigenvalue weighted by Crippen LogP contribution is 2.36. The van der Waals surface area contributed by atoms with Crippen molar-refractivity contribution in [2.75, 3.05) is 13.2 Å². The lowest BCUT2D eigenvalue weighted by Crippen LogP contribution is -2.63. The van der Waals surface area contributed by atoms with E-state index in [1.165, 1.54) is 6.92 Å². The van der Waals surface area contributed by atoms with E-state index in [0.717, 1.165) is 5.56 Å². The van der Waals surface area contributed by atoms with Crippen LogP contribution in [0.4, 0.5) is 0 Å². The number of halogens is 3. The van der Waals surface area contributed by atoms with Crippen LogP contribution in [0.5, 0.6) is 0 Å². The number of benzene rings is 3. The Morgan fingerprint density at radius 1 is 0.833 bits per heavy atom. The summed E-state index contributed by atoms with van der Waals surface area (Å²) in [5.41, 5.74) is 1.35. The molecule has 1 heterocycles. The molecule has 3 aromatic rings. The summed E-state index contributed by atoms with van der Waals surface area (Å²) in [6.07, 6.45) is -8.37. The second kappa shape index (κ2) is 17.6. The van der Waals surface area contributed by atoms with Gasteiger partial charge in [-0.15, -0.1) is 0 Å². The quantitative estimate of drug-likeness (QED) is 0.0720. The summed E-state index contributed by atoms with van der Waals surface area (Å²) in [6.45, 7) is 2.49. The molecule has 0 spiro atoms. The number of rotatable bonds is 13. The average molecular weight is 723 g/mol. The lowest BCUT2D eigenvalue weighted by Gasteiger charge is -2.45. The number of esters is 3. The molecule has 1 aliphatic rings. The van der Waals surface area contributed by atoms with Gasteiger partial charge in [0, 0.05) is 6.92 Å². The number of nitrogens with one attached hydrogen (secondary N) is 1. The largest absolute Gasteiger partial charge is 0.464 e. The van der Waals surface area contributed by atoms with E-state index in [0.29, 0.717) is 5.56 Å². The SMILES string of the molecule is CCOC(=O)[C@@H](O[C@H]1C(OC(=N)C(Cl)(Cl)Cl)O[C@H](COC(C)=O)[C@@H](OCc2ccccc2)[C@@H]1OC(=O)c1ccccc1)c1ccccc1. The molecular weight excluding hydrogens is 689 g/mol. The van der Waals surface area contributed by atoms with Crippen molar-refractivity contribution < 1.29 is 47.5 Å². The predicted octanol–water partition coefficient (Wildman–Crippen LogP) is 6.14. The standard InChI is InChI=1S/C34H34Cl3NO10/c1-3-42-31(41)26(23-15-9-5-10-16-23)46-29-28(47-30(40)24-17-11-6-12-18-24)27(44-19-22-13-7-4-8-14-22)25(20-43-21(2)39)45-32(29)48-33(38)34(35,36)37/h4-18,25-29,32,38H,3,19-20H2,1-2H3/t25-,26+,27-,28+,29-,32?/m1/s1. The van der Waals surface area contributed by atoms with Crippen molar-refractivity contribution in [3.05, 3.63) is 108 Å². The number of ether oxygens (including phenoxy) is 7. The zero-order valence-corrected chi connectivity index (χ0v) is 28.2. The third-order valence-corrected chi connectivity index (χ3v) is 7.48. The molecule has 14 heteroatoms. The number of carbonyl (C=O) groups excluding carboxylic acids is 3. The minimum Gasteiger partial charge on any atom is -0.464 e. The van der Waals surface area contributed by atoms with Crippen LogP contribution in [0.3, 0.4) is 0 Å². The van der Waals surface area contributed by atoms with E-state index in [9.17, 15) is 14.4 Å². The lowest BCUT2D eigenvalue weighted by molar-refractivity contribution is -0.306. The van der Waals surface area contributed by atoms with E-state index in [-0.39, 0.29) is 25.4 Å². The number of carbonyl (C=O) groups is 3. The fourth-order valence-corrected chi connectivity index (χ4v) is 4.91. The van der Waals surface area contributed by atoms with Gasteiger partial charge in [-0.1, -0.05) is 114 Å². The van der Waals surface area contributed by atoms with Gasteiger partial charge in [-0.05, 0) is 30.2 Å². The van der Waals surface area contributed by atoms with Crippen molar-refractivity contribution >= 4 is 58.6 Å². The Kier molecular flexibility index (Phi) is 13.6. The first-order valence-corrected chi connectivity index (χ1v) is 16.0. The van der Waals surface area contributed by atoms with Crippen LogP contribution in [0.15, 0.2) is 91.0 Å². The van der Waals surface area contributed by atoms with Crippen molar-refractivity contribution in [1.82, 2.24) is 0 Å². The maximum Gasteiger partial charge on any atom is 0.339 e. The van der Waals surface area contributed by atoms with E-state index >= 15 is 0 Å². The molecule has 0 bridgehead atoms. The highest BCUT2D eigenvalue weighted by molar-refractivity contribution is 6.76. The molecule has 1 saturated heterocycles. The Morgan fingerprint density at radius 3 is 2.02 bits per heavy atom. The van der Waals surface area contributed by atoms with Crippen LogP contribution in [-0.2, 0) is 49.4 Å². The molecular formula is C34H34Cl3NO10. The number of hydrogen-bond acceptors (Lipinski definition) is 11. The van der Waals surface area contributed by atoms with Crippen molar-refractivity contribution in [2.45, 2.75) is 61.1 Å². The summed E-state index contributed by atoms with van der Waals surface area (Å²) in [6, 6.07) is 25.7. The second-order valence-electron chi connectivity index (χ2n) is 10.4. The van der Waals surface area contributed by atoms with E-state index < -0.39 is 64.4 Å². The normalized spacial score (nSPS) is 21.4. The zero-order valence-electron chi connectivity index (χ0n) is 26.0. The first-order chi connectivity index (χ1) is 23.0. The number of alkyl halides is 3. The van der Waals surface area contributed by atoms with Crippen LogP contribution in [0.1, 0.15) is 41.4 Å². The summed E-state index contributed by atoms with van der Waals surface area (Å²) < 4.78 is 39.0. The van der Waals surface area contributed by atoms with Crippen LogP contribution in [-0.4, -0.2) is 71.5 Å². The van der Waals surface area contributed by atoms with Crippen LogP contribution in [0.25, 0.3) is 0 Å². The predicted molar refractivity (Wildman–Crippen MR) is 176 cm³/mol. The summed E-state index contributed by atoms with van der Waals surface area (Å²) >= 11 is 17.9. The van der Waals surface area contributed by atoms with Crippen molar-refractivity contribution in [2.24, 2.45) is 0 Å². The Balaban J connectivity index is 1.83. The van der Waals surface area contributed by atoms with E-state index in [1.807, 2.05) is 30.3 Å². The third kappa shape index (κ3) is 10.4. The van der Waals surface area contributed by atoms with Gasteiger partial charge in [-0.25, -0.2) is 9.59 Å². The van der Waals surface area contributed by atoms with Gasteiger partial charge >= 0.3 is 17.9 Å². The third-order valence-electron chi connectivity index (χ3n) is 6.97. The second-order valence-corrected chi connectivity index (χ2v) is 12.7. The Labute approximate surface area is 292 Å². The van der Waals surface area contributed by atoms with Crippen molar-refractivity contribution in [1.29, 1.82) is 5.41 Å². The van der Waals surface area contributed by atoms with E-state index in [2.05, 4.69) is 0 Å². The molecule has 1 aliphatic heterocycles. The Bertz CT molecular complexity index is 1510. The topological polar surface area (TPSA) is 140 Å². The van der Waals surface area contributed by atoms with Crippen molar-refractivity contribution in [3.8, 4) is 0 Å². The molecule has 1 fully saturated rings. The van der Waals surface area contributed by atoms with Gasteiger partial charge in [0.2, 0.25) is 12.2 Å². The molecule has 48 heavy (non-hydrogen) atoms. The summed E-state index contributed by atoms with van der Waals surface area (Å²) in [5.74, 6) is -3.04. The molecule has 256 valence electrons. The molecule has 0 amide bonds. The van der Waals surface area contributed by atoms with Gasteiger partial charge in [0.25, 0.3) is 3.79 Å². The summed E-state index contributed by atoms with van der Waals surface area (Å²) in [4.78, 5) is 38.9. The van der Waals surface area contributed by atoms with E-state index in [1.54, 1.807) is 67.6 Å². The average Bonchev–Trinajstić information content (AvgIpc) is 3.07. The number of hydrogen-bond donors (Lipinski definition) is 1. The molecule has 1 N–H and O–H groups in total. The van der Waals surface area contributed by atoms with Crippen LogP contribution in [0.2, 0.25) is 0 Å². The zero-order chi connectivity index (χ0) is 34.7. The molecule has 11 nitrogen and oxygen atoms in total. The Hall–Kier alpha value is -3.71. The van der Waals surface area contributed by atoms with Crippen molar-refractivity contribution in [3.63, 3.8) is 0 Å². The maximum atomic E-state index is 13.6. The fraction of sp³-hybridized carbons (Fsp3) is 0.353. The van der Waals surface area contributed by atoms with Gasteiger partial charge in [0.05, 0.1) is 18.8 Å². The lowest BCUT2D eigenvalue weighted by atomic mass is 9.97. The van der Waals surface area contributed by atoms with Crippen LogP contribution < -0.4 is 0 Å². The van der Waals surface area contributed by atoms with Crippen LogP contribution >= 0.6 is 34.8 Å². The minimum atomic E-state index is -2.34. The fourth-order valence-electron chi connectivity index (χ4n) is 4.78. The first-order valence-electron chi connectivity index (χ1n) is 14.9. The van der Waals surface area contributed by atoms with Gasteiger partial charge in [0.15, 0.2) is 18.3 Å². The van der Waals surface area contributed by atoms with Gasteiger partial charge in [-0.2, -0.15) is 0 Å².